The lowest BCUT2D eigenvalue weighted by Crippen LogP contribution is -2.33. The van der Waals surface area contributed by atoms with Crippen molar-refractivity contribution in [1.29, 1.82) is 0 Å². The van der Waals surface area contributed by atoms with Gasteiger partial charge in [-0.3, -0.25) is 9.69 Å². The molecule has 5 heteroatoms. The van der Waals surface area contributed by atoms with Crippen molar-refractivity contribution in [1.82, 2.24) is 4.90 Å². The van der Waals surface area contributed by atoms with Gasteiger partial charge >= 0.3 is 0 Å². The van der Waals surface area contributed by atoms with Gasteiger partial charge < -0.3 is 16.2 Å². The summed E-state index contributed by atoms with van der Waals surface area (Å²) in [7, 11) is 0. The van der Waals surface area contributed by atoms with Crippen LogP contribution in [0.3, 0.4) is 0 Å². The molecule has 2 fully saturated rings. The summed E-state index contributed by atoms with van der Waals surface area (Å²) in [5, 5.41) is 12.8. The van der Waals surface area contributed by atoms with E-state index in [1.54, 1.807) is 6.07 Å². The molecule has 4 N–H and O–H groups in total. The number of aryl methyl sites for hydroxylation is 1. The molecular formula is C16H23N3O2. The van der Waals surface area contributed by atoms with Gasteiger partial charge in [-0.05, 0) is 43.4 Å². The Morgan fingerprint density at radius 3 is 3.00 bits per heavy atom. The van der Waals surface area contributed by atoms with Crippen molar-refractivity contribution in [3.8, 4) is 0 Å². The van der Waals surface area contributed by atoms with Crippen LogP contribution in [0.25, 0.3) is 0 Å². The van der Waals surface area contributed by atoms with E-state index in [0.717, 1.165) is 37.2 Å². The van der Waals surface area contributed by atoms with E-state index in [1.165, 1.54) is 0 Å². The van der Waals surface area contributed by atoms with Gasteiger partial charge in [0.15, 0.2) is 0 Å². The Balaban J connectivity index is 1.57. The Morgan fingerprint density at radius 1 is 1.43 bits per heavy atom. The van der Waals surface area contributed by atoms with Crippen molar-refractivity contribution in [3.63, 3.8) is 0 Å². The minimum Gasteiger partial charge on any atom is -0.399 e. The van der Waals surface area contributed by atoms with Gasteiger partial charge in [-0.25, -0.2) is 0 Å². The second kappa shape index (κ2) is 5.66. The maximum absolute atomic E-state index is 12.2. The van der Waals surface area contributed by atoms with Gasteiger partial charge in [0.05, 0.1) is 12.6 Å². The molecule has 0 bridgehead atoms. The number of hydrogen-bond donors (Lipinski definition) is 3. The van der Waals surface area contributed by atoms with Crippen LogP contribution in [0.5, 0.6) is 0 Å². The topological polar surface area (TPSA) is 78.6 Å². The van der Waals surface area contributed by atoms with E-state index in [4.69, 9.17) is 5.73 Å². The van der Waals surface area contributed by atoms with Crippen molar-refractivity contribution < 1.29 is 9.90 Å². The SMILES string of the molecule is Cc1ccc(N)cc1NC(=O)CN1CC2CCC(O)C2C1. The predicted octanol–water partition coefficient (Wildman–Crippen LogP) is 1.22. The number of benzene rings is 1. The number of rotatable bonds is 3. The summed E-state index contributed by atoms with van der Waals surface area (Å²) >= 11 is 0. The van der Waals surface area contributed by atoms with Crippen LogP contribution in [-0.2, 0) is 4.79 Å². The summed E-state index contributed by atoms with van der Waals surface area (Å²) in [6.45, 7) is 4.08. The maximum Gasteiger partial charge on any atom is 0.238 e. The van der Waals surface area contributed by atoms with Crippen LogP contribution in [-0.4, -0.2) is 41.7 Å². The normalized spacial score (nSPS) is 28.6. The summed E-state index contributed by atoms with van der Waals surface area (Å²) in [6, 6.07) is 5.52. The lowest BCUT2D eigenvalue weighted by atomic mass is 10.00. The summed E-state index contributed by atoms with van der Waals surface area (Å²) in [5.74, 6) is 0.895. The fourth-order valence-electron chi connectivity index (χ4n) is 3.63. The first-order valence-electron chi connectivity index (χ1n) is 7.59. The fourth-order valence-corrected chi connectivity index (χ4v) is 3.63. The second-order valence-electron chi connectivity index (χ2n) is 6.39. The molecule has 1 amide bonds. The van der Waals surface area contributed by atoms with Crippen molar-refractivity contribution in [3.05, 3.63) is 23.8 Å². The zero-order chi connectivity index (χ0) is 15.0. The lowest BCUT2D eigenvalue weighted by Gasteiger charge is -2.18. The molecule has 1 aliphatic carbocycles. The van der Waals surface area contributed by atoms with E-state index in [0.29, 0.717) is 24.1 Å². The molecule has 3 atom stereocenters. The first-order chi connectivity index (χ1) is 10.0. The molecule has 5 nitrogen and oxygen atoms in total. The zero-order valence-corrected chi connectivity index (χ0v) is 12.4. The van der Waals surface area contributed by atoms with Gasteiger partial charge in [-0.1, -0.05) is 6.07 Å². The molecule has 1 aromatic rings. The Kier molecular flexibility index (Phi) is 3.87. The average molecular weight is 289 g/mol. The molecule has 3 rings (SSSR count). The van der Waals surface area contributed by atoms with Crippen LogP contribution in [0.15, 0.2) is 18.2 Å². The number of nitrogens with two attached hydrogens (primary N) is 1. The number of fused-ring (bicyclic) bond motifs is 1. The van der Waals surface area contributed by atoms with E-state index in [2.05, 4.69) is 10.2 Å². The molecule has 0 radical (unpaired) electrons. The highest BCUT2D eigenvalue weighted by atomic mass is 16.3. The van der Waals surface area contributed by atoms with Crippen LogP contribution >= 0.6 is 0 Å². The van der Waals surface area contributed by atoms with E-state index in [9.17, 15) is 9.90 Å². The summed E-state index contributed by atoms with van der Waals surface area (Å²) < 4.78 is 0. The number of carbonyl (C=O) groups excluding carboxylic acids is 1. The third-order valence-corrected chi connectivity index (χ3v) is 4.80. The van der Waals surface area contributed by atoms with Gasteiger partial charge in [0.1, 0.15) is 0 Å². The van der Waals surface area contributed by atoms with Crippen molar-refractivity contribution in [2.75, 3.05) is 30.7 Å². The Hall–Kier alpha value is -1.59. The minimum absolute atomic E-state index is 0.0156. The lowest BCUT2D eigenvalue weighted by molar-refractivity contribution is -0.117. The predicted molar refractivity (Wildman–Crippen MR) is 82.9 cm³/mol. The Morgan fingerprint density at radius 2 is 2.24 bits per heavy atom. The molecule has 0 aromatic heterocycles. The molecule has 1 saturated heterocycles. The molecule has 3 unspecified atom stereocenters. The van der Waals surface area contributed by atoms with Gasteiger partial charge in [0.2, 0.25) is 5.91 Å². The van der Waals surface area contributed by atoms with Gasteiger partial charge in [0.25, 0.3) is 0 Å². The molecule has 0 spiro atoms. The van der Waals surface area contributed by atoms with Crippen LogP contribution in [0.2, 0.25) is 0 Å². The Bertz CT molecular complexity index is 546. The smallest absolute Gasteiger partial charge is 0.238 e. The van der Waals surface area contributed by atoms with E-state index >= 15 is 0 Å². The first kappa shape index (κ1) is 14.4. The standard InChI is InChI=1S/C16H23N3O2/c1-10-2-4-12(17)6-14(10)18-16(21)9-19-7-11-3-5-15(20)13(11)8-19/h2,4,6,11,13,15,20H,3,5,7-9,17H2,1H3,(H,18,21). The van der Waals surface area contributed by atoms with Gasteiger partial charge in [-0.2, -0.15) is 0 Å². The Labute approximate surface area is 125 Å². The summed E-state index contributed by atoms with van der Waals surface area (Å²) in [4.78, 5) is 14.3. The summed E-state index contributed by atoms with van der Waals surface area (Å²) in [5.41, 5.74) is 8.19. The molecule has 114 valence electrons. The molecular weight excluding hydrogens is 266 g/mol. The molecule has 1 saturated carbocycles. The third kappa shape index (κ3) is 3.04. The number of aliphatic hydroxyl groups excluding tert-OH is 1. The minimum atomic E-state index is -0.181. The van der Waals surface area contributed by atoms with Crippen LogP contribution in [0.4, 0.5) is 11.4 Å². The third-order valence-electron chi connectivity index (χ3n) is 4.80. The molecule has 21 heavy (non-hydrogen) atoms. The zero-order valence-electron chi connectivity index (χ0n) is 12.4. The monoisotopic (exact) mass is 289 g/mol. The van der Waals surface area contributed by atoms with Gasteiger partial charge in [0, 0.05) is 30.4 Å². The number of anilines is 2. The van der Waals surface area contributed by atoms with E-state index in [-0.39, 0.29) is 12.0 Å². The first-order valence-corrected chi connectivity index (χ1v) is 7.59. The average Bonchev–Trinajstić information content (AvgIpc) is 2.96. The van der Waals surface area contributed by atoms with Crippen LogP contribution < -0.4 is 11.1 Å². The highest BCUT2D eigenvalue weighted by Gasteiger charge is 2.41. The number of nitrogens with zero attached hydrogens (tertiary/aromatic N) is 1. The number of likely N-dealkylation sites (tertiary alicyclic amines) is 1. The molecule has 1 aromatic carbocycles. The number of carbonyl (C=O) groups is 1. The molecule has 2 aliphatic rings. The largest absolute Gasteiger partial charge is 0.399 e. The van der Waals surface area contributed by atoms with Gasteiger partial charge in [-0.15, -0.1) is 0 Å². The number of nitrogen functional groups attached to an aromatic ring is 1. The van der Waals surface area contributed by atoms with Crippen LogP contribution in [0, 0.1) is 18.8 Å². The van der Waals surface area contributed by atoms with Crippen molar-refractivity contribution in [2.45, 2.75) is 25.9 Å². The fraction of sp³-hybridized carbons (Fsp3) is 0.562. The second-order valence-corrected chi connectivity index (χ2v) is 6.39. The molecule has 1 aliphatic heterocycles. The van der Waals surface area contributed by atoms with Crippen molar-refractivity contribution in [2.24, 2.45) is 11.8 Å². The number of aliphatic hydroxyl groups is 1. The highest BCUT2D eigenvalue weighted by Crippen LogP contribution is 2.37. The number of nitrogens with one attached hydrogen (secondary N) is 1. The van der Waals surface area contributed by atoms with Crippen LogP contribution in [0.1, 0.15) is 18.4 Å². The number of amides is 1. The summed E-state index contributed by atoms with van der Waals surface area (Å²) in [6.07, 6.45) is 1.81. The maximum atomic E-state index is 12.2. The van der Waals surface area contributed by atoms with E-state index in [1.807, 2.05) is 19.1 Å². The molecule has 1 heterocycles. The number of hydrogen-bond acceptors (Lipinski definition) is 4. The highest BCUT2D eigenvalue weighted by molar-refractivity contribution is 5.93. The quantitative estimate of drug-likeness (QED) is 0.731. The van der Waals surface area contributed by atoms with E-state index < -0.39 is 0 Å². The van der Waals surface area contributed by atoms with Crippen molar-refractivity contribution >= 4 is 17.3 Å².